The van der Waals surface area contributed by atoms with Gasteiger partial charge in [0.2, 0.25) is 0 Å². The van der Waals surface area contributed by atoms with Crippen molar-refractivity contribution in [3.05, 3.63) is 77.1 Å². The third kappa shape index (κ3) is 5.71. The summed E-state index contributed by atoms with van der Waals surface area (Å²) < 4.78 is 18.9. The highest BCUT2D eigenvalue weighted by Gasteiger charge is 2.05. The molecule has 0 unspecified atom stereocenters. The summed E-state index contributed by atoms with van der Waals surface area (Å²) >= 11 is 0. The van der Waals surface area contributed by atoms with Gasteiger partial charge < -0.3 is 10.1 Å². The molecule has 2 aromatic carbocycles. The van der Waals surface area contributed by atoms with Crippen LogP contribution in [0, 0.1) is 5.82 Å². The van der Waals surface area contributed by atoms with E-state index in [1.807, 2.05) is 18.2 Å². The Labute approximate surface area is 149 Å². The number of hydrogen-bond donors (Lipinski definition) is 1. The van der Waals surface area contributed by atoms with Crippen molar-refractivity contribution in [3.8, 4) is 5.75 Å². The molecule has 0 aromatic heterocycles. The van der Waals surface area contributed by atoms with E-state index in [0.717, 1.165) is 36.4 Å². The average molecular weight is 339 g/mol. The predicted octanol–water partition coefficient (Wildman–Crippen LogP) is 5.38. The molecule has 2 nitrogen and oxygen atoms in total. The molecule has 0 saturated carbocycles. The third-order valence-electron chi connectivity index (χ3n) is 4.60. The number of hydrogen-bond acceptors (Lipinski definition) is 2. The van der Waals surface area contributed by atoms with Crippen LogP contribution >= 0.6 is 0 Å². The van der Waals surface area contributed by atoms with Crippen molar-refractivity contribution in [2.75, 3.05) is 6.54 Å². The summed E-state index contributed by atoms with van der Waals surface area (Å²) in [4.78, 5) is 0. The first-order chi connectivity index (χ1) is 12.3. The van der Waals surface area contributed by atoms with E-state index in [-0.39, 0.29) is 5.82 Å². The fourth-order valence-corrected chi connectivity index (χ4v) is 3.14. The van der Waals surface area contributed by atoms with Gasteiger partial charge in [0, 0.05) is 12.1 Å². The van der Waals surface area contributed by atoms with Gasteiger partial charge in [0.05, 0.1) is 0 Å². The summed E-state index contributed by atoms with van der Waals surface area (Å²) in [5, 5.41) is 3.52. The van der Waals surface area contributed by atoms with Crippen molar-refractivity contribution in [1.29, 1.82) is 0 Å². The molecule has 0 aliphatic heterocycles. The van der Waals surface area contributed by atoms with Crippen molar-refractivity contribution in [2.24, 2.45) is 0 Å². The van der Waals surface area contributed by atoms with Crippen LogP contribution < -0.4 is 10.1 Å². The Morgan fingerprint density at radius 3 is 2.64 bits per heavy atom. The lowest BCUT2D eigenvalue weighted by molar-refractivity contribution is 0.302. The Balaban J connectivity index is 1.48. The summed E-state index contributed by atoms with van der Waals surface area (Å²) in [7, 11) is 0. The molecule has 3 rings (SSSR count). The lowest BCUT2D eigenvalue weighted by Gasteiger charge is -2.14. The van der Waals surface area contributed by atoms with Gasteiger partial charge in [-0.15, -0.1) is 0 Å². The number of benzene rings is 2. The van der Waals surface area contributed by atoms with Gasteiger partial charge in [-0.1, -0.05) is 42.0 Å². The van der Waals surface area contributed by atoms with E-state index in [2.05, 4.69) is 17.5 Å². The molecule has 0 bridgehead atoms. The summed E-state index contributed by atoms with van der Waals surface area (Å²) in [5.41, 5.74) is 3.72. The number of para-hydroxylation sites is 1. The van der Waals surface area contributed by atoms with Crippen LogP contribution in [-0.4, -0.2) is 6.54 Å². The minimum Gasteiger partial charge on any atom is -0.489 e. The fourth-order valence-electron chi connectivity index (χ4n) is 3.14. The van der Waals surface area contributed by atoms with Crippen molar-refractivity contribution in [3.63, 3.8) is 0 Å². The number of allylic oxidation sites excluding steroid dienone is 1. The Morgan fingerprint density at radius 1 is 1.00 bits per heavy atom. The molecular weight excluding hydrogens is 313 g/mol. The van der Waals surface area contributed by atoms with E-state index in [0.29, 0.717) is 6.61 Å². The Kier molecular flexibility index (Phi) is 6.63. The van der Waals surface area contributed by atoms with Gasteiger partial charge in [0.15, 0.2) is 0 Å². The van der Waals surface area contributed by atoms with E-state index >= 15 is 0 Å². The van der Waals surface area contributed by atoms with Crippen LogP contribution in [0.4, 0.5) is 4.39 Å². The predicted molar refractivity (Wildman–Crippen MR) is 100 cm³/mol. The van der Waals surface area contributed by atoms with Crippen molar-refractivity contribution < 1.29 is 9.13 Å². The van der Waals surface area contributed by atoms with Crippen LogP contribution in [0.25, 0.3) is 0 Å². The van der Waals surface area contributed by atoms with Gasteiger partial charge in [-0.05, 0) is 62.4 Å². The summed E-state index contributed by atoms with van der Waals surface area (Å²) in [6.07, 6.45) is 8.74. The zero-order valence-electron chi connectivity index (χ0n) is 14.6. The first-order valence-electron chi connectivity index (χ1n) is 9.15. The Bertz CT molecular complexity index is 693. The van der Waals surface area contributed by atoms with Crippen LogP contribution in [0.3, 0.4) is 0 Å². The molecule has 1 aliphatic carbocycles. The van der Waals surface area contributed by atoms with Crippen LogP contribution in [0.5, 0.6) is 5.75 Å². The molecule has 0 spiro atoms. The van der Waals surface area contributed by atoms with Gasteiger partial charge >= 0.3 is 0 Å². The third-order valence-corrected chi connectivity index (χ3v) is 4.60. The second kappa shape index (κ2) is 9.38. The van der Waals surface area contributed by atoms with Gasteiger partial charge in [-0.3, -0.25) is 0 Å². The molecule has 25 heavy (non-hydrogen) atoms. The molecule has 132 valence electrons. The van der Waals surface area contributed by atoms with Crippen LogP contribution in [0.1, 0.15) is 43.2 Å². The zero-order valence-corrected chi connectivity index (χ0v) is 14.6. The van der Waals surface area contributed by atoms with Crippen molar-refractivity contribution >= 4 is 0 Å². The maximum atomic E-state index is 13.0. The fraction of sp³-hybridized carbons (Fsp3) is 0.364. The number of nitrogens with one attached hydrogen (secondary N) is 1. The maximum absolute atomic E-state index is 13.0. The largest absolute Gasteiger partial charge is 0.489 e. The van der Waals surface area contributed by atoms with E-state index in [4.69, 9.17) is 4.74 Å². The van der Waals surface area contributed by atoms with E-state index in [9.17, 15) is 4.39 Å². The molecule has 1 aliphatic rings. The Hall–Kier alpha value is -2.13. The number of halogens is 1. The smallest absolute Gasteiger partial charge is 0.124 e. The zero-order chi connectivity index (χ0) is 17.3. The minimum absolute atomic E-state index is 0.221. The van der Waals surface area contributed by atoms with Crippen molar-refractivity contribution in [2.45, 2.75) is 45.3 Å². The van der Waals surface area contributed by atoms with Crippen LogP contribution in [0.2, 0.25) is 0 Å². The highest BCUT2D eigenvalue weighted by atomic mass is 19.1. The molecule has 0 amide bonds. The topological polar surface area (TPSA) is 21.3 Å². The molecule has 2 aromatic rings. The van der Waals surface area contributed by atoms with Crippen LogP contribution in [-0.2, 0) is 13.2 Å². The van der Waals surface area contributed by atoms with Gasteiger partial charge in [0.1, 0.15) is 18.2 Å². The second-order valence-electron chi connectivity index (χ2n) is 6.56. The molecule has 0 atom stereocenters. The van der Waals surface area contributed by atoms with Crippen molar-refractivity contribution in [1.82, 2.24) is 5.32 Å². The molecule has 3 heteroatoms. The SMILES string of the molecule is Fc1ccc(COc2ccccc2CNCCC2=CCCCC2)cc1. The number of ether oxygens (including phenoxy) is 1. The van der Waals surface area contributed by atoms with Crippen LogP contribution in [0.15, 0.2) is 60.2 Å². The number of rotatable bonds is 8. The van der Waals surface area contributed by atoms with E-state index in [1.165, 1.54) is 37.8 Å². The molecule has 0 saturated heterocycles. The first-order valence-corrected chi connectivity index (χ1v) is 9.15. The Morgan fingerprint density at radius 2 is 1.84 bits per heavy atom. The van der Waals surface area contributed by atoms with E-state index in [1.54, 1.807) is 17.7 Å². The molecule has 0 heterocycles. The monoisotopic (exact) mass is 339 g/mol. The standard InChI is InChI=1S/C22H26FNO/c23-21-12-10-19(11-13-21)17-25-22-9-5-4-8-20(22)16-24-15-14-18-6-2-1-3-7-18/h4-6,8-13,24H,1-3,7,14-17H2. The van der Waals surface area contributed by atoms with E-state index < -0.39 is 0 Å². The quantitative estimate of drug-likeness (QED) is 0.514. The molecule has 1 N–H and O–H groups in total. The first kappa shape index (κ1) is 17.7. The maximum Gasteiger partial charge on any atom is 0.124 e. The molecular formula is C22H26FNO. The molecule has 0 radical (unpaired) electrons. The second-order valence-corrected chi connectivity index (χ2v) is 6.56. The van der Waals surface area contributed by atoms with Gasteiger partial charge in [-0.2, -0.15) is 0 Å². The highest BCUT2D eigenvalue weighted by molar-refractivity contribution is 5.33. The summed E-state index contributed by atoms with van der Waals surface area (Å²) in [6.45, 7) is 2.25. The minimum atomic E-state index is -0.221. The summed E-state index contributed by atoms with van der Waals surface area (Å²) in [5.74, 6) is 0.664. The average Bonchev–Trinajstić information content (AvgIpc) is 2.66. The normalized spacial score (nSPS) is 14.2. The lowest BCUT2D eigenvalue weighted by Crippen LogP contribution is -2.16. The summed E-state index contributed by atoms with van der Waals surface area (Å²) in [6, 6.07) is 14.5. The highest BCUT2D eigenvalue weighted by Crippen LogP contribution is 2.21. The lowest BCUT2D eigenvalue weighted by atomic mass is 9.97. The molecule has 0 fully saturated rings. The van der Waals surface area contributed by atoms with Gasteiger partial charge in [-0.25, -0.2) is 4.39 Å². The van der Waals surface area contributed by atoms with Gasteiger partial charge in [0.25, 0.3) is 0 Å².